The molecule has 1 fully saturated rings. The number of anilines is 2. The lowest BCUT2D eigenvalue weighted by Gasteiger charge is -2.20. The van der Waals surface area contributed by atoms with E-state index < -0.39 is 0 Å². The van der Waals surface area contributed by atoms with Crippen molar-refractivity contribution in [3.05, 3.63) is 59.7 Å². The standard InChI is InChI=1S/C20H25N3S/c1-15-5-9-18(10-6-15)22-20(24)21-16(2)17-7-11-19(12-8-17)23-13-3-4-14-23/h5-12,16H,3-4,13-14H2,1-2H3,(H2,21,22,24)/t16-/m1/s1. The van der Waals surface area contributed by atoms with Gasteiger partial charge in [0.15, 0.2) is 5.11 Å². The van der Waals surface area contributed by atoms with Crippen molar-refractivity contribution in [1.29, 1.82) is 0 Å². The van der Waals surface area contributed by atoms with Crippen molar-refractivity contribution < 1.29 is 0 Å². The minimum Gasteiger partial charge on any atom is -0.372 e. The van der Waals surface area contributed by atoms with Crippen molar-refractivity contribution in [3.8, 4) is 0 Å². The quantitative estimate of drug-likeness (QED) is 0.793. The van der Waals surface area contributed by atoms with Crippen LogP contribution < -0.4 is 15.5 Å². The fourth-order valence-corrected chi connectivity index (χ4v) is 3.33. The molecule has 0 spiro atoms. The van der Waals surface area contributed by atoms with E-state index in [1.165, 1.54) is 42.7 Å². The zero-order valence-corrected chi connectivity index (χ0v) is 15.2. The molecule has 0 bridgehead atoms. The zero-order chi connectivity index (χ0) is 16.9. The molecular formula is C20H25N3S. The van der Waals surface area contributed by atoms with Crippen molar-refractivity contribution in [2.75, 3.05) is 23.3 Å². The molecule has 0 aliphatic carbocycles. The van der Waals surface area contributed by atoms with E-state index in [-0.39, 0.29) is 6.04 Å². The van der Waals surface area contributed by atoms with E-state index in [1.54, 1.807) is 0 Å². The third-order valence-electron chi connectivity index (χ3n) is 4.52. The first-order chi connectivity index (χ1) is 11.6. The Morgan fingerprint density at radius 2 is 1.62 bits per heavy atom. The average Bonchev–Trinajstić information content (AvgIpc) is 3.11. The monoisotopic (exact) mass is 339 g/mol. The minimum atomic E-state index is 0.170. The molecule has 0 unspecified atom stereocenters. The highest BCUT2D eigenvalue weighted by atomic mass is 32.1. The molecule has 126 valence electrons. The number of nitrogens with zero attached hydrogens (tertiary/aromatic N) is 1. The molecule has 3 rings (SSSR count). The van der Waals surface area contributed by atoms with Crippen LogP contribution in [0.25, 0.3) is 0 Å². The summed E-state index contributed by atoms with van der Waals surface area (Å²) >= 11 is 5.43. The van der Waals surface area contributed by atoms with Gasteiger partial charge in [0.25, 0.3) is 0 Å². The van der Waals surface area contributed by atoms with Crippen LogP contribution in [0.3, 0.4) is 0 Å². The Balaban J connectivity index is 1.56. The van der Waals surface area contributed by atoms with E-state index in [1.807, 2.05) is 12.1 Å². The van der Waals surface area contributed by atoms with E-state index in [0.29, 0.717) is 5.11 Å². The summed E-state index contributed by atoms with van der Waals surface area (Å²) in [7, 11) is 0. The summed E-state index contributed by atoms with van der Waals surface area (Å²) in [6.45, 7) is 6.57. The van der Waals surface area contributed by atoms with Gasteiger partial charge in [0, 0.05) is 24.5 Å². The number of thiocarbonyl (C=S) groups is 1. The Kier molecular flexibility index (Phi) is 5.36. The van der Waals surface area contributed by atoms with Crippen LogP contribution in [-0.2, 0) is 0 Å². The first kappa shape index (κ1) is 16.8. The highest BCUT2D eigenvalue weighted by Gasteiger charge is 2.13. The van der Waals surface area contributed by atoms with Crippen LogP contribution in [0.15, 0.2) is 48.5 Å². The lowest BCUT2D eigenvalue weighted by molar-refractivity contribution is 0.722. The molecule has 1 saturated heterocycles. The van der Waals surface area contributed by atoms with Crippen LogP contribution in [-0.4, -0.2) is 18.2 Å². The van der Waals surface area contributed by atoms with Gasteiger partial charge in [-0.3, -0.25) is 0 Å². The number of rotatable bonds is 4. The molecule has 1 aliphatic rings. The topological polar surface area (TPSA) is 27.3 Å². The van der Waals surface area contributed by atoms with Gasteiger partial charge >= 0.3 is 0 Å². The first-order valence-electron chi connectivity index (χ1n) is 8.61. The predicted octanol–water partition coefficient (Wildman–Crippen LogP) is 4.64. The molecule has 0 saturated carbocycles. The maximum atomic E-state index is 5.43. The van der Waals surface area contributed by atoms with Gasteiger partial charge in [0.2, 0.25) is 0 Å². The largest absolute Gasteiger partial charge is 0.372 e. The molecule has 1 aliphatic heterocycles. The number of hydrogen-bond donors (Lipinski definition) is 2. The minimum absolute atomic E-state index is 0.170. The van der Waals surface area contributed by atoms with Gasteiger partial charge in [-0.25, -0.2) is 0 Å². The van der Waals surface area contributed by atoms with Crippen LogP contribution in [0.4, 0.5) is 11.4 Å². The highest BCUT2D eigenvalue weighted by molar-refractivity contribution is 7.80. The van der Waals surface area contributed by atoms with Crippen molar-refractivity contribution in [1.82, 2.24) is 5.32 Å². The summed E-state index contributed by atoms with van der Waals surface area (Å²) < 4.78 is 0. The maximum Gasteiger partial charge on any atom is 0.171 e. The SMILES string of the molecule is Cc1ccc(NC(=S)N[C@H](C)c2ccc(N3CCCC3)cc2)cc1. The Labute approximate surface area is 150 Å². The summed E-state index contributed by atoms with van der Waals surface area (Å²) in [6.07, 6.45) is 2.61. The van der Waals surface area contributed by atoms with Crippen LogP contribution in [0.5, 0.6) is 0 Å². The van der Waals surface area contributed by atoms with Crippen LogP contribution >= 0.6 is 12.2 Å². The number of hydrogen-bond acceptors (Lipinski definition) is 2. The second kappa shape index (κ2) is 7.67. The molecule has 2 aromatic rings. The van der Waals surface area contributed by atoms with Crippen LogP contribution in [0, 0.1) is 6.92 Å². The molecule has 0 amide bonds. The van der Waals surface area contributed by atoms with Gasteiger partial charge in [-0.05, 0) is 68.7 Å². The third-order valence-corrected chi connectivity index (χ3v) is 4.74. The molecule has 0 radical (unpaired) electrons. The lowest BCUT2D eigenvalue weighted by Crippen LogP contribution is -2.30. The summed E-state index contributed by atoms with van der Waals surface area (Å²) in [5.41, 5.74) is 4.82. The van der Waals surface area contributed by atoms with Gasteiger partial charge < -0.3 is 15.5 Å². The first-order valence-corrected chi connectivity index (χ1v) is 9.02. The molecule has 24 heavy (non-hydrogen) atoms. The van der Waals surface area contributed by atoms with E-state index in [4.69, 9.17) is 12.2 Å². The van der Waals surface area contributed by atoms with Gasteiger partial charge in [-0.1, -0.05) is 29.8 Å². The Bertz CT molecular complexity index is 673. The highest BCUT2D eigenvalue weighted by Crippen LogP contribution is 2.22. The summed E-state index contributed by atoms with van der Waals surface area (Å²) in [6, 6.07) is 17.2. The van der Waals surface area contributed by atoms with Crippen LogP contribution in [0.1, 0.15) is 36.9 Å². The Hall–Kier alpha value is -2.07. The summed E-state index contributed by atoms with van der Waals surface area (Å²) in [4.78, 5) is 2.45. The third kappa shape index (κ3) is 4.26. The van der Waals surface area contributed by atoms with Gasteiger partial charge in [0.1, 0.15) is 0 Å². The van der Waals surface area contributed by atoms with Gasteiger partial charge in [-0.2, -0.15) is 0 Å². The summed E-state index contributed by atoms with van der Waals surface area (Å²) in [5, 5.41) is 7.24. The molecule has 0 aromatic heterocycles. The Morgan fingerprint density at radius 1 is 1.00 bits per heavy atom. The number of nitrogens with one attached hydrogen (secondary N) is 2. The molecule has 4 heteroatoms. The molecular weight excluding hydrogens is 314 g/mol. The average molecular weight is 340 g/mol. The normalized spacial score (nSPS) is 15.2. The molecule has 1 atom stereocenters. The maximum absolute atomic E-state index is 5.43. The number of aryl methyl sites for hydroxylation is 1. The van der Waals surface area contributed by atoms with Gasteiger partial charge in [-0.15, -0.1) is 0 Å². The smallest absolute Gasteiger partial charge is 0.171 e. The van der Waals surface area contributed by atoms with E-state index >= 15 is 0 Å². The second-order valence-corrected chi connectivity index (χ2v) is 6.88. The summed E-state index contributed by atoms with van der Waals surface area (Å²) in [5.74, 6) is 0. The zero-order valence-electron chi connectivity index (χ0n) is 14.4. The molecule has 2 aromatic carbocycles. The molecule has 2 N–H and O–H groups in total. The molecule has 3 nitrogen and oxygen atoms in total. The van der Waals surface area contributed by atoms with E-state index in [2.05, 4.69) is 65.8 Å². The van der Waals surface area contributed by atoms with Crippen molar-refractivity contribution >= 4 is 28.7 Å². The molecule has 1 heterocycles. The van der Waals surface area contributed by atoms with Gasteiger partial charge in [0.05, 0.1) is 6.04 Å². The fraction of sp³-hybridized carbons (Fsp3) is 0.350. The van der Waals surface area contributed by atoms with Crippen LogP contribution in [0.2, 0.25) is 0 Å². The second-order valence-electron chi connectivity index (χ2n) is 6.47. The number of benzene rings is 2. The van der Waals surface area contributed by atoms with Crippen molar-refractivity contribution in [2.45, 2.75) is 32.7 Å². The Morgan fingerprint density at radius 3 is 2.25 bits per heavy atom. The van der Waals surface area contributed by atoms with Crippen molar-refractivity contribution in [2.24, 2.45) is 0 Å². The van der Waals surface area contributed by atoms with E-state index in [9.17, 15) is 0 Å². The lowest BCUT2D eigenvalue weighted by atomic mass is 10.1. The van der Waals surface area contributed by atoms with E-state index in [0.717, 1.165) is 5.69 Å². The fourth-order valence-electron chi connectivity index (χ4n) is 3.03. The predicted molar refractivity (Wildman–Crippen MR) is 107 cm³/mol. The van der Waals surface area contributed by atoms with Crippen molar-refractivity contribution in [3.63, 3.8) is 0 Å².